The SMILES string of the molecule is C1=CC(c2cnc3ccccc3c2)(c2cnc3ccccc3c2)C2=c3ccccc3=[SiH]C2=C1. The van der Waals surface area contributed by atoms with E-state index >= 15 is 0 Å². The maximum Gasteiger partial charge on any atom is 0.0702 e. The van der Waals surface area contributed by atoms with Crippen molar-refractivity contribution in [3.8, 4) is 0 Å². The van der Waals surface area contributed by atoms with Crippen LogP contribution in [0.1, 0.15) is 11.1 Å². The maximum absolute atomic E-state index is 4.88. The van der Waals surface area contributed by atoms with Gasteiger partial charge in [-0.25, -0.2) is 0 Å². The van der Waals surface area contributed by atoms with Crippen LogP contribution in [0, 0.1) is 4.81 Å². The van der Waals surface area contributed by atoms with Gasteiger partial charge in [0.25, 0.3) is 0 Å². The molecule has 33 heavy (non-hydrogen) atoms. The van der Waals surface area contributed by atoms with Crippen molar-refractivity contribution in [2.45, 2.75) is 5.41 Å². The van der Waals surface area contributed by atoms with Crippen molar-refractivity contribution in [3.63, 3.8) is 0 Å². The number of hydrogen-bond donors (Lipinski definition) is 0. The van der Waals surface area contributed by atoms with Crippen molar-refractivity contribution in [1.82, 2.24) is 9.97 Å². The van der Waals surface area contributed by atoms with Gasteiger partial charge >= 0.3 is 0 Å². The van der Waals surface area contributed by atoms with Gasteiger partial charge in [0.2, 0.25) is 0 Å². The molecule has 1 aliphatic carbocycles. The first-order valence-electron chi connectivity index (χ1n) is 11.2. The first kappa shape index (κ1) is 18.6. The molecule has 0 saturated heterocycles. The molecular formula is C30H20N2Si. The molecule has 3 heteroatoms. The van der Waals surface area contributed by atoms with E-state index in [0.717, 1.165) is 21.8 Å². The zero-order valence-corrected chi connectivity index (χ0v) is 19.1. The van der Waals surface area contributed by atoms with Gasteiger partial charge in [-0.1, -0.05) is 78.9 Å². The number of aromatic nitrogens is 2. The van der Waals surface area contributed by atoms with E-state index in [2.05, 4.69) is 103 Å². The van der Waals surface area contributed by atoms with Crippen LogP contribution in [0.3, 0.4) is 0 Å². The quantitative estimate of drug-likeness (QED) is 0.361. The molecule has 0 atom stereocenters. The monoisotopic (exact) mass is 436 g/mol. The molecule has 3 heterocycles. The fourth-order valence-electron chi connectivity index (χ4n) is 5.42. The molecule has 7 rings (SSSR count). The highest BCUT2D eigenvalue weighted by atomic mass is 28.2. The van der Waals surface area contributed by atoms with Crippen LogP contribution in [-0.4, -0.2) is 19.1 Å². The van der Waals surface area contributed by atoms with Gasteiger partial charge in [0.15, 0.2) is 0 Å². The average Bonchev–Trinajstić information content (AvgIpc) is 3.27. The number of pyridine rings is 2. The van der Waals surface area contributed by atoms with Crippen LogP contribution in [-0.2, 0) is 5.41 Å². The van der Waals surface area contributed by atoms with E-state index < -0.39 is 5.41 Å². The van der Waals surface area contributed by atoms with Gasteiger partial charge < -0.3 is 0 Å². The highest BCUT2D eigenvalue weighted by molar-refractivity contribution is 6.45. The van der Waals surface area contributed by atoms with Gasteiger partial charge in [-0.3, -0.25) is 9.97 Å². The second-order valence-electron chi connectivity index (χ2n) is 8.73. The first-order chi connectivity index (χ1) is 16.3. The summed E-state index contributed by atoms with van der Waals surface area (Å²) in [7, 11) is 0.0649. The van der Waals surface area contributed by atoms with Crippen molar-refractivity contribution in [3.05, 3.63) is 142 Å². The Hall–Kier alpha value is -3.95. The van der Waals surface area contributed by atoms with Gasteiger partial charge in [-0.05, 0) is 56.2 Å². The van der Waals surface area contributed by atoms with E-state index in [-0.39, 0.29) is 9.13 Å². The Morgan fingerprint density at radius 3 is 1.97 bits per heavy atom. The van der Waals surface area contributed by atoms with E-state index in [1.807, 2.05) is 12.1 Å². The van der Waals surface area contributed by atoms with E-state index in [1.165, 1.54) is 31.9 Å². The highest BCUT2D eigenvalue weighted by Crippen LogP contribution is 2.47. The number of fused-ring (bicyclic) bond motifs is 4. The summed E-state index contributed by atoms with van der Waals surface area (Å²) in [5, 5.41) is 5.14. The van der Waals surface area contributed by atoms with Crippen LogP contribution in [0.5, 0.6) is 0 Å². The minimum atomic E-state index is -0.433. The van der Waals surface area contributed by atoms with Gasteiger partial charge in [-0.15, -0.1) is 0 Å². The lowest BCUT2D eigenvalue weighted by atomic mass is 9.67. The molecule has 1 aliphatic heterocycles. The zero-order chi connectivity index (χ0) is 21.8. The lowest BCUT2D eigenvalue weighted by Crippen LogP contribution is -2.33. The molecular weight excluding hydrogens is 416 g/mol. The minimum Gasteiger partial charge on any atom is -0.256 e. The lowest BCUT2D eigenvalue weighted by molar-refractivity contribution is 0.823. The van der Waals surface area contributed by atoms with Crippen LogP contribution < -0.4 is 5.22 Å². The fraction of sp³-hybridized carbons (Fsp3) is 0.0333. The molecule has 0 N–H and O–H groups in total. The fourth-order valence-corrected chi connectivity index (χ4v) is 7.09. The number of nitrogens with zero attached hydrogens (tertiary/aromatic N) is 2. The average molecular weight is 437 g/mol. The summed E-state index contributed by atoms with van der Waals surface area (Å²) in [5.41, 5.74) is 5.37. The number of allylic oxidation sites excluding steroid dienone is 4. The Morgan fingerprint density at radius 1 is 0.667 bits per heavy atom. The van der Waals surface area contributed by atoms with Crippen LogP contribution in [0.25, 0.3) is 27.4 Å². The van der Waals surface area contributed by atoms with Crippen molar-refractivity contribution < 1.29 is 0 Å². The Kier molecular flexibility index (Phi) is 3.96. The third-order valence-corrected chi connectivity index (χ3v) is 8.54. The number of para-hydroxylation sites is 2. The topological polar surface area (TPSA) is 25.8 Å². The van der Waals surface area contributed by atoms with Gasteiger partial charge in [0.05, 0.1) is 16.4 Å². The van der Waals surface area contributed by atoms with Gasteiger partial charge in [0, 0.05) is 32.3 Å². The molecule has 2 nitrogen and oxygen atoms in total. The Balaban J connectivity index is 1.63. The normalized spacial score (nSPS) is 15.8. The zero-order valence-electron chi connectivity index (χ0n) is 17.9. The third kappa shape index (κ3) is 2.69. The Bertz CT molecular complexity index is 1700. The Morgan fingerprint density at radius 2 is 1.27 bits per heavy atom. The van der Waals surface area contributed by atoms with Crippen LogP contribution in [0.15, 0.2) is 121 Å². The minimum absolute atomic E-state index is 0.0649. The van der Waals surface area contributed by atoms with E-state index in [1.54, 1.807) is 0 Å². The smallest absolute Gasteiger partial charge is 0.0702 e. The molecule has 3 aromatic carbocycles. The molecule has 154 valence electrons. The second kappa shape index (κ2) is 7.02. The molecule has 0 bridgehead atoms. The molecule has 0 spiro atoms. The first-order valence-corrected chi connectivity index (χ1v) is 12.4. The molecule has 2 aromatic heterocycles. The molecule has 5 aromatic rings. The van der Waals surface area contributed by atoms with Crippen molar-refractivity contribution in [1.29, 1.82) is 0 Å². The largest absolute Gasteiger partial charge is 0.256 e. The van der Waals surface area contributed by atoms with E-state index in [0.29, 0.717) is 0 Å². The summed E-state index contributed by atoms with van der Waals surface area (Å²) in [6.45, 7) is 0. The molecule has 2 aliphatic rings. The van der Waals surface area contributed by atoms with Crippen LogP contribution in [0.4, 0.5) is 0 Å². The van der Waals surface area contributed by atoms with Crippen LogP contribution >= 0.6 is 0 Å². The summed E-state index contributed by atoms with van der Waals surface area (Å²) in [6.07, 6.45) is 11.0. The molecule has 0 amide bonds. The second-order valence-corrected chi connectivity index (χ2v) is 10.3. The van der Waals surface area contributed by atoms with Crippen molar-refractivity contribution >= 4 is 36.5 Å². The molecule has 0 radical (unpaired) electrons. The molecule has 0 fully saturated rings. The maximum atomic E-state index is 4.88. The van der Waals surface area contributed by atoms with Gasteiger partial charge in [0.1, 0.15) is 0 Å². The number of rotatable bonds is 2. The Labute approximate surface area is 193 Å². The summed E-state index contributed by atoms with van der Waals surface area (Å²) in [4.78, 5) is 11.2. The van der Waals surface area contributed by atoms with Crippen molar-refractivity contribution in [2.24, 2.45) is 0 Å². The number of hydrogen-bond acceptors (Lipinski definition) is 2. The highest BCUT2D eigenvalue weighted by Gasteiger charge is 2.41. The van der Waals surface area contributed by atoms with E-state index in [9.17, 15) is 0 Å². The molecule has 0 saturated carbocycles. The predicted octanol–water partition coefficient (Wildman–Crippen LogP) is 5.07. The van der Waals surface area contributed by atoms with E-state index in [4.69, 9.17) is 9.97 Å². The summed E-state index contributed by atoms with van der Waals surface area (Å²) < 4.78 is 0. The lowest BCUT2D eigenvalue weighted by Gasteiger charge is -2.36. The summed E-state index contributed by atoms with van der Waals surface area (Å²) in [6, 6.07) is 30.3. The molecule has 0 unspecified atom stereocenters. The van der Waals surface area contributed by atoms with Gasteiger partial charge in [-0.2, -0.15) is 0 Å². The predicted molar refractivity (Wildman–Crippen MR) is 137 cm³/mol. The summed E-state index contributed by atoms with van der Waals surface area (Å²) >= 11 is 0. The standard InChI is InChI=1S/C30H20N2Si/c1-4-11-25-20(8-1)16-22(18-31-25)30(23-17-21-9-2-5-12-26(21)32-19-23)15-7-14-28-29(30)24-10-3-6-13-27(24)33-28/h1-19,33H. The number of benzene rings is 3. The third-order valence-electron chi connectivity index (χ3n) is 6.94. The summed E-state index contributed by atoms with van der Waals surface area (Å²) in [5.74, 6) is 0. The van der Waals surface area contributed by atoms with Crippen LogP contribution in [0.2, 0.25) is 0 Å². The van der Waals surface area contributed by atoms with Crippen molar-refractivity contribution in [2.75, 3.05) is 0 Å².